The fraction of sp³-hybridized carbons (Fsp3) is 0.320. The lowest BCUT2D eigenvalue weighted by molar-refractivity contribution is 0.0964. The summed E-state index contributed by atoms with van der Waals surface area (Å²) in [5, 5.41) is 4.11. The number of benzene rings is 2. The molecular weight excluding hydrogens is 388 g/mol. The smallest absolute Gasteiger partial charge is 0.318 e. The molecule has 2 heterocycles. The van der Waals surface area contributed by atoms with Crippen LogP contribution in [0.2, 0.25) is 0 Å². The molecule has 160 valence electrons. The van der Waals surface area contributed by atoms with Crippen molar-refractivity contribution in [3.63, 3.8) is 0 Å². The Balaban J connectivity index is 1.40. The van der Waals surface area contributed by atoms with Crippen molar-refractivity contribution in [2.24, 2.45) is 0 Å². The number of hydrogen-bond acceptors (Lipinski definition) is 4. The summed E-state index contributed by atoms with van der Waals surface area (Å²) in [6.07, 6.45) is 1.57. The minimum atomic E-state index is -0.178. The molecule has 6 heteroatoms. The van der Waals surface area contributed by atoms with Gasteiger partial charge in [-0.15, -0.1) is 0 Å². The SMILES string of the molecule is CC(=O)c1ccn(C(=O)N2CCN(Cc3ccc(-c4ccccc4)cc3C)C[C@@H]2C)n1. The Kier molecular flexibility index (Phi) is 6.00. The van der Waals surface area contributed by atoms with Crippen LogP contribution in [-0.4, -0.2) is 57.1 Å². The average Bonchev–Trinajstić information content (AvgIpc) is 3.26. The van der Waals surface area contributed by atoms with Crippen LogP contribution >= 0.6 is 0 Å². The van der Waals surface area contributed by atoms with Gasteiger partial charge in [0.25, 0.3) is 0 Å². The normalized spacial score (nSPS) is 17.0. The van der Waals surface area contributed by atoms with E-state index in [2.05, 4.69) is 66.3 Å². The van der Waals surface area contributed by atoms with Crippen molar-refractivity contribution >= 4 is 11.8 Å². The lowest BCUT2D eigenvalue weighted by Gasteiger charge is -2.39. The highest BCUT2D eigenvalue weighted by atomic mass is 16.2. The first-order valence-electron chi connectivity index (χ1n) is 10.7. The maximum Gasteiger partial charge on any atom is 0.344 e. The second kappa shape index (κ2) is 8.86. The number of Topliss-reactive ketones (excluding diaryl/α,β-unsaturated/α-hetero) is 1. The molecule has 0 radical (unpaired) electrons. The quantitative estimate of drug-likeness (QED) is 0.597. The number of nitrogens with zero attached hydrogens (tertiary/aromatic N) is 4. The van der Waals surface area contributed by atoms with Crippen molar-refractivity contribution in [1.82, 2.24) is 19.6 Å². The monoisotopic (exact) mass is 416 g/mol. The topological polar surface area (TPSA) is 58.4 Å². The molecule has 1 atom stereocenters. The number of aromatic nitrogens is 2. The molecule has 1 aliphatic rings. The van der Waals surface area contributed by atoms with Crippen molar-refractivity contribution in [2.75, 3.05) is 19.6 Å². The molecule has 1 fully saturated rings. The van der Waals surface area contributed by atoms with Gasteiger partial charge >= 0.3 is 6.03 Å². The Morgan fingerprint density at radius 2 is 1.81 bits per heavy atom. The van der Waals surface area contributed by atoms with E-state index in [1.807, 2.05) is 11.0 Å². The molecule has 2 aromatic carbocycles. The zero-order chi connectivity index (χ0) is 22.0. The van der Waals surface area contributed by atoms with Gasteiger partial charge in [-0.2, -0.15) is 9.78 Å². The van der Waals surface area contributed by atoms with Gasteiger partial charge in [0.05, 0.1) is 0 Å². The van der Waals surface area contributed by atoms with E-state index in [1.54, 1.807) is 12.3 Å². The molecule has 3 aromatic rings. The molecule has 1 aromatic heterocycles. The molecule has 0 unspecified atom stereocenters. The van der Waals surface area contributed by atoms with Crippen LogP contribution in [0.5, 0.6) is 0 Å². The fourth-order valence-electron chi connectivity index (χ4n) is 4.14. The summed E-state index contributed by atoms with van der Waals surface area (Å²) in [7, 11) is 0. The van der Waals surface area contributed by atoms with Gasteiger partial charge in [0.1, 0.15) is 5.69 Å². The third kappa shape index (κ3) is 4.59. The molecule has 0 N–H and O–H groups in total. The molecule has 1 amide bonds. The molecule has 1 saturated heterocycles. The summed E-state index contributed by atoms with van der Waals surface area (Å²) < 4.78 is 1.27. The minimum absolute atomic E-state index is 0.0649. The van der Waals surface area contributed by atoms with Crippen molar-refractivity contribution in [3.05, 3.63) is 77.6 Å². The van der Waals surface area contributed by atoms with Gasteiger partial charge in [0.2, 0.25) is 0 Å². The van der Waals surface area contributed by atoms with E-state index in [1.165, 1.54) is 33.9 Å². The Morgan fingerprint density at radius 1 is 1.03 bits per heavy atom. The third-order valence-corrected chi connectivity index (χ3v) is 5.95. The van der Waals surface area contributed by atoms with Gasteiger partial charge in [0, 0.05) is 45.3 Å². The second-order valence-electron chi connectivity index (χ2n) is 8.27. The lowest BCUT2D eigenvalue weighted by Crippen LogP contribution is -2.54. The van der Waals surface area contributed by atoms with E-state index in [0.717, 1.165) is 19.6 Å². The number of aryl methyl sites for hydroxylation is 1. The summed E-state index contributed by atoms with van der Waals surface area (Å²) in [5.74, 6) is -0.141. The van der Waals surface area contributed by atoms with Crippen molar-refractivity contribution in [3.8, 4) is 11.1 Å². The van der Waals surface area contributed by atoms with E-state index >= 15 is 0 Å². The number of ketones is 1. The Bertz CT molecular complexity index is 1090. The number of carbonyl (C=O) groups is 2. The van der Waals surface area contributed by atoms with Gasteiger partial charge in [-0.1, -0.05) is 48.5 Å². The van der Waals surface area contributed by atoms with Crippen LogP contribution < -0.4 is 0 Å². The minimum Gasteiger partial charge on any atom is -0.318 e. The third-order valence-electron chi connectivity index (χ3n) is 5.95. The summed E-state index contributed by atoms with van der Waals surface area (Å²) in [5.41, 5.74) is 5.36. The maximum atomic E-state index is 12.8. The molecule has 0 aliphatic carbocycles. The fourth-order valence-corrected chi connectivity index (χ4v) is 4.14. The number of piperazine rings is 1. The van der Waals surface area contributed by atoms with Gasteiger partial charge in [-0.25, -0.2) is 4.79 Å². The molecule has 6 nitrogen and oxygen atoms in total. The highest BCUT2D eigenvalue weighted by Crippen LogP contribution is 2.23. The van der Waals surface area contributed by atoms with Crippen LogP contribution in [-0.2, 0) is 6.54 Å². The largest absolute Gasteiger partial charge is 0.344 e. The maximum absolute atomic E-state index is 12.8. The Hall–Kier alpha value is -3.25. The summed E-state index contributed by atoms with van der Waals surface area (Å²) in [6.45, 7) is 8.77. The van der Waals surface area contributed by atoms with Crippen LogP contribution in [0.15, 0.2) is 60.8 Å². The average molecular weight is 417 g/mol. The first-order chi connectivity index (χ1) is 14.9. The van der Waals surface area contributed by atoms with Crippen LogP contribution in [0, 0.1) is 6.92 Å². The Morgan fingerprint density at radius 3 is 2.45 bits per heavy atom. The van der Waals surface area contributed by atoms with Gasteiger partial charge in [-0.05, 0) is 42.2 Å². The molecular formula is C25H28N4O2. The van der Waals surface area contributed by atoms with Crippen LogP contribution in [0.4, 0.5) is 4.79 Å². The predicted molar refractivity (Wildman–Crippen MR) is 121 cm³/mol. The standard InChI is InChI=1S/C25H28N4O2/c1-18-15-22(21-7-5-4-6-8-21)9-10-23(18)17-27-13-14-28(19(2)16-27)25(31)29-12-11-24(26-29)20(3)30/h4-12,15,19H,13-14,16-17H2,1-3H3/t19-/m0/s1. The highest BCUT2D eigenvalue weighted by molar-refractivity contribution is 5.92. The second-order valence-corrected chi connectivity index (χ2v) is 8.27. The summed E-state index contributed by atoms with van der Waals surface area (Å²) in [6, 6.07) is 18.5. The van der Waals surface area contributed by atoms with E-state index in [9.17, 15) is 9.59 Å². The Labute approximate surface area is 183 Å². The van der Waals surface area contributed by atoms with E-state index < -0.39 is 0 Å². The molecule has 31 heavy (non-hydrogen) atoms. The van der Waals surface area contributed by atoms with Crippen molar-refractivity contribution in [2.45, 2.75) is 33.4 Å². The zero-order valence-electron chi connectivity index (χ0n) is 18.3. The molecule has 0 bridgehead atoms. The first-order valence-corrected chi connectivity index (χ1v) is 10.7. The van der Waals surface area contributed by atoms with E-state index in [-0.39, 0.29) is 17.9 Å². The highest BCUT2D eigenvalue weighted by Gasteiger charge is 2.29. The number of amides is 1. The van der Waals surface area contributed by atoms with Gasteiger partial charge in [-0.3, -0.25) is 9.69 Å². The first kappa shape index (κ1) is 21.0. The molecule has 0 spiro atoms. The van der Waals surface area contributed by atoms with Crippen LogP contribution in [0.1, 0.15) is 35.5 Å². The zero-order valence-corrected chi connectivity index (χ0v) is 18.3. The van der Waals surface area contributed by atoms with Gasteiger partial charge < -0.3 is 4.90 Å². The van der Waals surface area contributed by atoms with Crippen molar-refractivity contribution in [1.29, 1.82) is 0 Å². The van der Waals surface area contributed by atoms with Crippen molar-refractivity contribution < 1.29 is 9.59 Å². The van der Waals surface area contributed by atoms with Crippen LogP contribution in [0.25, 0.3) is 11.1 Å². The predicted octanol–water partition coefficient (Wildman–Crippen LogP) is 4.24. The van der Waals surface area contributed by atoms with E-state index in [0.29, 0.717) is 12.2 Å². The number of carbonyl (C=O) groups excluding carboxylic acids is 2. The molecule has 1 aliphatic heterocycles. The summed E-state index contributed by atoms with van der Waals surface area (Å²) in [4.78, 5) is 28.5. The lowest BCUT2D eigenvalue weighted by atomic mass is 9.99. The number of hydrogen-bond donors (Lipinski definition) is 0. The van der Waals surface area contributed by atoms with Gasteiger partial charge in [0.15, 0.2) is 5.78 Å². The van der Waals surface area contributed by atoms with E-state index in [4.69, 9.17) is 0 Å². The summed E-state index contributed by atoms with van der Waals surface area (Å²) >= 11 is 0. The number of rotatable bonds is 4. The van der Waals surface area contributed by atoms with Crippen LogP contribution in [0.3, 0.4) is 0 Å². The molecule has 0 saturated carbocycles. The molecule has 4 rings (SSSR count).